The summed E-state index contributed by atoms with van der Waals surface area (Å²) in [5, 5.41) is 8.34. The van der Waals surface area contributed by atoms with Crippen molar-refractivity contribution in [1.82, 2.24) is 10.3 Å². The molecular formula is C23H24N2OS2. The number of thiophene rings is 1. The van der Waals surface area contributed by atoms with Crippen LogP contribution in [0.15, 0.2) is 47.2 Å². The fraction of sp³-hybridized carbons (Fsp3) is 0.391. The molecule has 3 heterocycles. The number of carbonyl (C=O) groups excluding carboxylic acids is 1. The normalized spacial score (nSPS) is 18.9. The maximum atomic E-state index is 12.9. The highest BCUT2D eigenvalue weighted by molar-refractivity contribution is 7.20. The first-order valence-corrected chi connectivity index (χ1v) is 11.8. The van der Waals surface area contributed by atoms with E-state index in [1.54, 1.807) is 22.7 Å². The largest absolute Gasteiger partial charge is 0.316 e. The second kappa shape index (κ2) is 7.54. The van der Waals surface area contributed by atoms with Gasteiger partial charge in [-0.2, -0.15) is 0 Å². The number of hydrogen-bond acceptors (Lipinski definition) is 5. The molecule has 28 heavy (non-hydrogen) atoms. The maximum Gasteiger partial charge on any atom is 0.186 e. The van der Waals surface area contributed by atoms with Gasteiger partial charge in [0.2, 0.25) is 0 Å². The van der Waals surface area contributed by atoms with Crippen LogP contribution in [-0.4, -0.2) is 23.9 Å². The lowest BCUT2D eigenvalue weighted by Crippen LogP contribution is -2.54. The highest BCUT2D eigenvalue weighted by Crippen LogP contribution is 2.45. The Hall–Kier alpha value is -1.82. The summed E-state index contributed by atoms with van der Waals surface area (Å²) in [7, 11) is 0. The molecule has 3 nitrogen and oxygen atoms in total. The van der Waals surface area contributed by atoms with Gasteiger partial charge in [-0.05, 0) is 59.6 Å². The summed E-state index contributed by atoms with van der Waals surface area (Å²) in [6, 6.07) is 12.6. The number of rotatable bonds is 5. The Labute approximate surface area is 173 Å². The van der Waals surface area contributed by atoms with Crippen molar-refractivity contribution in [2.45, 2.75) is 38.0 Å². The first kappa shape index (κ1) is 18.2. The number of aromatic nitrogens is 1. The van der Waals surface area contributed by atoms with Crippen LogP contribution < -0.4 is 5.32 Å². The molecule has 2 fully saturated rings. The lowest BCUT2D eigenvalue weighted by Gasteiger charge is -2.47. The molecule has 1 saturated carbocycles. The van der Waals surface area contributed by atoms with Crippen LogP contribution in [0.2, 0.25) is 0 Å². The van der Waals surface area contributed by atoms with Crippen LogP contribution in [0.3, 0.4) is 0 Å². The quantitative estimate of drug-likeness (QED) is 0.563. The third-order valence-corrected chi connectivity index (χ3v) is 8.30. The third-order valence-electron chi connectivity index (χ3n) is 6.41. The van der Waals surface area contributed by atoms with Gasteiger partial charge in [-0.25, -0.2) is 4.98 Å². The van der Waals surface area contributed by atoms with Gasteiger partial charge in [-0.3, -0.25) is 4.79 Å². The number of Topliss-reactive ketones (excluding diaryl/α,β-unsaturated/α-hetero) is 1. The van der Waals surface area contributed by atoms with E-state index in [0.29, 0.717) is 23.4 Å². The SMILES string of the molecule is O=C(Cc1ccccc1C1CCC2(CC1)CNC2)c1csc(-c2cccs2)n1. The topological polar surface area (TPSA) is 42.0 Å². The second-order valence-electron chi connectivity index (χ2n) is 8.19. The number of thiazole rings is 1. The molecule has 5 heteroatoms. The summed E-state index contributed by atoms with van der Waals surface area (Å²) in [6.07, 6.45) is 5.55. The number of hydrogen-bond donors (Lipinski definition) is 1. The lowest BCUT2D eigenvalue weighted by atomic mass is 9.65. The Morgan fingerprint density at radius 1 is 1.11 bits per heavy atom. The average molecular weight is 409 g/mol. The fourth-order valence-electron chi connectivity index (χ4n) is 4.65. The van der Waals surface area contributed by atoms with Gasteiger partial charge in [0.1, 0.15) is 10.7 Å². The molecule has 0 radical (unpaired) electrons. The molecule has 1 aromatic carbocycles. The van der Waals surface area contributed by atoms with Crippen LogP contribution in [0, 0.1) is 5.41 Å². The van der Waals surface area contributed by atoms with E-state index in [9.17, 15) is 4.79 Å². The predicted octanol–water partition coefficient (Wildman–Crippen LogP) is 5.54. The number of ketones is 1. The molecule has 1 aliphatic carbocycles. The van der Waals surface area contributed by atoms with Gasteiger partial charge in [-0.1, -0.05) is 30.3 Å². The van der Waals surface area contributed by atoms with Gasteiger partial charge in [0, 0.05) is 24.9 Å². The van der Waals surface area contributed by atoms with Crippen molar-refractivity contribution in [3.63, 3.8) is 0 Å². The van der Waals surface area contributed by atoms with Crippen molar-refractivity contribution < 1.29 is 4.79 Å². The zero-order chi connectivity index (χ0) is 19.0. The van der Waals surface area contributed by atoms with E-state index in [2.05, 4.69) is 40.6 Å². The Morgan fingerprint density at radius 2 is 1.93 bits per heavy atom. The summed E-state index contributed by atoms with van der Waals surface area (Å²) < 4.78 is 0. The number of carbonyl (C=O) groups is 1. The molecule has 2 aromatic heterocycles. The van der Waals surface area contributed by atoms with Crippen molar-refractivity contribution in [2.75, 3.05) is 13.1 Å². The molecule has 5 rings (SSSR count). The summed E-state index contributed by atoms with van der Waals surface area (Å²) >= 11 is 3.22. The first-order valence-electron chi connectivity index (χ1n) is 10.0. The average Bonchev–Trinajstić information content (AvgIpc) is 3.39. The molecule has 1 N–H and O–H groups in total. The molecule has 1 spiro atoms. The van der Waals surface area contributed by atoms with Crippen molar-refractivity contribution in [1.29, 1.82) is 0 Å². The van der Waals surface area contributed by atoms with Crippen molar-refractivity contribution in [3.05, 3.63) is 64.0 Å². The predicted molar refractivity (Wildman–Crippen MR) is 116 cm³/mol. The highest BCUT2D eigenvalue weighted by atomic mass is 32.1. The summed E-state index contributed by atoms with van der Waals surface area (Å²) in [6.45, 7) is 2.38. The summed E-state index contributed by atoms with van der Waals surface area (Å²) in [5.74, 6) is 0.717. The minimum absolute atomic E-state index is 0.127. The van der Waals surface area contributed by atoms with Gasteiger partial charge in [0.05, 0.1) is 4.88 Å². The van der Waals surface area contributed by atoms with E-state index in [0.717, 1.165) is 9.88 Å². The monoisotopic (exact) mass is 408 g/mol. The molecule has 0 bridgehead atoms. The van der Waals surface area contributed by atoms with E-state index in [1.807, 2.05) is 16.8 Å². The zero-order valence-corrected chi connectivity index (χ0v) is 17.5. The van der Waals surface area contributed by atoms with Crippen LogP contribution in [0.25, 0.3) is 9.88 Å². The van der Waals surface area contributed by atoms with E-state index in [1.165, 1.54) is 49.9 Å². The second-order valence-corrected chi connectivity index (χ2v) is 10.00. The Kier molecular flexibility index (Phi) is 4.91. The van der Waals surface area contributed by atoms with Crippen molar-refractivity contribution in [2.24, 2.45) is 5.41 Å². The lowest BCUT2D eigenvalue weighted by molar-refractivity contribution is 0.0964. The van der Waals surface area contributed by atoms with Crippen LogP contribution in [0.4, 0.5) is 0 Å². The number of benzene rings is 1. The minimum Gasteiger partial charge on any atom is -0.316 e. The standard InChI is InChI=1S/C23H24N2OS2/c26-20(19-13-28-22(25-19)21-6-3-11-27-21)12-17-4-1-2-5-18(17)16-7-9-23(10-8-16)14-24-15-23/h1-6,11,13,16,24H,7-10,12,14-15H2. The maximum absolute atomic E-state index is 12.9. The number of nitrogens with zero attached hydrogens (tertiary/aromatic N) is 1. The van der Waals surface area contributed by atoms with Crippen molar-refractivity contribution >= 4 is 28.5 Å². The summed E-state index contributed by atoms with van der Waals surface area (Å²) in [4.78, 5) is 18.7. The number of nitrogens with one attached hydrogen (secondary N) is 1. The molecular weight excluding hydrogens is 384 g/mol. The minimum atomic E-state index is 0.127. The summed E-state index contributed by atoms with van der Waals surface area (Å²) in [5.41, 5.74) is 3.74. The fourth-order valence-corrected chi connectivity index (χ4v) is 6.28. The zero-order valence-electron chi connectivity index (χ0n) is 15.8. The molecule has 144 valence electrons. The van der Waals surface area contributed by atoms with E-state index < -0.39 is 0 Å². The highest BCUT2D eigenvalue weighted by Gasteiger charge is 2.40. The van der Waals surface area contributed by atoms with E-state index in [-0.39, 0.29) is 5.78 Å². The molecule has 3 aromatic rings. The van der Waals surface area contributed by atoms with Gasteiger partial charge in [0.15, 0.2) is 5.78 Å². The van der Waals surface area contributed by atoms with Crippen LogP contribution in [0.1, 0.15) is 53.2 Å². The Bertz CT molecular complexity index is 962. The molecule has 0 amide bonds. The molecule has 1 saturated heterocycles. The molecule has 2 aliphatic rings. The van der Waals surface area contributed by atoms with Crippen LogP contribution in [0.5, 0.6) is 0 Å². The molecule has 0 unspecified atom stereocenters. The molecule has 1 aliphatic heterocycles. The first-order chi connectivity index (χ1) is 13.7. The van der Waals surface area contributed by atoms with Gasteiger partial charge >= 0.3 is 0 Å². The van der Waals surface area contributed by atoms with Crippen LogP contribution in [-0.2, 0) is 6.42 Å². The Balaban J connectivity index is 1.31. The van der Waals surface area contributed by atoms with Gasteiger partial charge in [-0.15, -0.1) is 22.7 Å². The third kappa shape index (κ3) is 3.47. The van der Waals surface area contributed by atoms with Gasteiger partial charge in [0.25, 0.3) is 0 Å². The van der Waals surface area contributed by atoms with Crippen LogP contribution >= 0.6 is 22.7 Å². The van der Waals surface area contributed by atoms with Gasteiger partial charge < -0.3 is 5.32 Å². The van der Waals surface area contributed by atoms with E-state index >= 15 is 0 Å². The smallest absolute Gasteiger partial charge is 0.186 e. The van der Waals surface area contributed by atoms with Crippen molar-refractivity contribution in [3.8, 4) is 9.88 Å². The van der Waals surface area contributed by atoms with E-state index in [4.69, 9.17) is 0 Å². The molecule has 0 atom stereocenters. The Morgan fingerprint density at radius 3 is 2.64 bits per heavy atom.